The summed E-state index contributed by atoms with van der Waals surface area (Å²) in [6.07, 6.45) is 1.52. The van der Waals surface area contributed by atoms with E-state index in [4.69, 9.17) is 14.2 Å². The van der Waals surface area contributed by atoms with E-state index in [0.717, 1.165) is 5.56 Å². The summed E-state index contributed by atoms with van der Waals surface area (Å²) in [6, 6.07) is 10.8. The Morgan fingerprint density at radius 2 is 1.50 bits per heavy atom. The molecule has 0 atom stereocenters. The lowest BCUT2D eigenvalue weighted by Crippen LogP contribution is -2.22. The average Bonchev–Trinajstić information content (AvgIpc) is 2.63. The molecule has 0 amide bonds. The summed E-state index contributed by atoms with van der Waals surface area (Å²) in [5.41, 5.74) is 1.20. The number of fused-ring (bicyclic) bond motifs is 1. The van der Waals surface area contributed by atoms with E-state index in [1.54, 1.807) is 32.4 Å². The van der Waals surface area contributed by atoms with Crippen LogP contribution in [0.3, 0.4) is 0 Å². The Kier molecular flexibility index (Phi) is 4.37. The van der Waals surface area contributed by atoms with Gasteiger partial charge in [0.05, 0.1) is 45.3 Å². The van der Waals surface area contributed by atoms with Gasteiger partial charge in [-0.05, 0) is 24.3 Å². The van der Waals surface area contributed by atoms with E-state index < -0.39 is 0 Å². The zero-order valence-electron chi connectivity index (χ0n) is 13.8. The van der Waals surface area contributed by atoms with Crippen LogP contribution in [-0.2, 0) is 6.54 Å². The van der Waals surface area contributed by atoms with Crippen molar-refractivity contribution in [2.24, 2.45) is 0 Å². The average molecular weight is 326 g/mol. The lowest BCUT2D eigenvalue weighted by Gasteiger charge is -2.14. The molecule has 6 heteroatoms. The minimum Gasteiger partial charge on any atom is -0.496 e. The largest absolute Gasteiger partial charge is 0.496 e. The summed E-state index contributed by atoms with van der Waals surface area (Å²) in [6.45, 7) is 0.285. The number of hydrogen-bond donors (Lipinski definition) is 0. The molecule has 0 saturated carbocycles. The summed E-state index contributed by atoms with van der Waals surface area (Å²) in [7, 11) is 4.71. The molecule has 1 heterocycles. The fourth-order valence-corrected chi connectivity index (χ4v) is 2.71. The quantitative estimate of drug-likeness (QED) is 0.721. The zero-order chi connectivity index (χ0) is 17.1. The van der Waals surface area contributed by atoms with Gasteiger partial charge in [-0.3, -0.25) is 9.36 Å². The molecular formula is C18H18N2O4. The Labute approximate surface area is 139 Å². The standard InChI is InChI=1S/C18H18N2O4/c1-22-14-7-5-8-15(23-2)12(14)10-20-11-19-13-6-4-9-16(24-3)17(13)18(20)21/h4-9,11H,10H2,1-3H3. The molecule has 124 valence electrons. The Hall–Kier alpha value is -3.02. The monoisotopic (exact) mass is 326 g/mol. The van der Waals surface area contributed by atoms with Gasteiger partial charge < -0.3 is 14.2 Å². The van der Waals surface area contributed by atoms with Gasteiger partial charge in [-0.15, -0.1) is 0 Å². The first-order valence-electron chi connectivity index (χ1n) is 7.41. The molecule has 3 aromatic rings. The molecule has 0 spiro atoms. The third-order valence-electron chi connectivity index (χ3n) is 3.89. The van der Waals surface area contributed by atoms with Crippen LogP contribution in [0.4, 0.5) is 0 Å². The van der Waals surface area contributed by atoms with E-state index in [9.17, 15) is 4.79 Å². The van der Waals surface area contributed by atoms with Crippen LogP contribution in [0.2, 0.25) is 0 Å². The number of nitrogens with zero attached hydrogens (tertiary/aromatic N) is 2. The lowest BCUT2D eigenvalue weighted by molar-refractivity contribution is 0.383. The first-order chi connectivity index (χ1) is 11.7. The predicted molar refractivity (Wildman–Crippen MR) is 91.2 cm³/mol. The molecule has 0 bridgehead atoms. The van der Waals surface area contributed by atoms with Crippen molar-refractivity contribution in [2.45, 2.75) is 6.54 Å². The fourth-order valence-electron chi connectivity index (χ4n) is 2.71. The summed E-state index contributed by atoms with van der Waals surface area (Å²) in [5, 5.41) is 0.455. The van der Waals surface area contributed by atoms with Crippen LogP contribution in [0.25, 0.3) is 10.9 Å². The highest BCUT2D eigenvalue weighted by Gasteiger charge is 2.14. The molecule has 6 nitrogen and oxygen atoms in total. The SMILES string of the molecule is COc1cccc(OC)c1Cn1cnc2cccc(OC)c2c1=O. The topological polar surface area (TPSA) is 62.6 Å². The Bertz CT molecular complexity index is 912. The van der Waals surface area contributed by atoms with Crippen molar-refractivity contribution < 1.29 is 14.2 Å². The molecule has 0 fully saturated rings. The summed E-state index contributed by atoms with van der Waals surface area (Å²) >= 11 is 0. The van der Waals surface area contributed by atoms with E-state index in [0.29, 0.717) is 28.2 Å². The molecule has 0 aliphatic rings. The third-order valence-corrected chi connectivity index (χ3v) is 3.89. The number of methoxy groups -OCH3 is 3. The maximum Gasteiger partial charge on any atom is 0.265 e. The zero-order valence-corrected chi connectivity index (χ0v) is 13.8. The molecule has 0 saturated heterocycles. The number of ether oxygens (including phenoxy) is 3. The third kappa shape index (κ3) is 2.67. The van der Waals surface area contributed by atoms with E-state index in [-0.39, 0.29) is 12.1 Å². The van der Waals surface area contributed by atoms with Gasteiger partial charge in [-0.25, -0.2) is 4.98 Å². The van der Waals surface area contributed by atoms with Crippen LogP contribution in [0.15, 0.2) is 47.5 Å². The molecule has 0 unspecified atom stereocenters. The highest BCUT2D eigenvalue weighted by atomic mass is 16.5. The van der Waals surface area contributed by atoms with E-state index in [1.807, 2.05) is 18.2 Å². The molecule has 0 aliphatic carbocycles. The molecule has 3 rings (SSSR count). The maximum absolute atomic E-state index is 12.9. The molecule has 24 heavy (non-hydrogen) atoms. The van der Waals surface area contributed by atoms with Crippen LogP contribution in [0.1, 0.15) is 5.56 Å². The second-order valence-electron chi connectivity index (χ2n) is 5.17. The molecule has 0 radical (unpaired) electrons. The van der Waals surface area contributed by atoms with Gasteiger partial charge in [0.1, 0.15) is 22.6 Å². The van der Waals surface area contributed by atoms with Crippen molar-refractivity contribution >= 4 is 10.9 Å². The highest BCUT2D eigenvalue weighted by molar-refractivity contribution is 5.83. The van der Waals surface area contributed by atoms with Gasteiger partial charge >= 0.3 is 0 Å². The summed E-state index contributed by atoms with van der Waals surface area (Å²) in [5.74, 6) is 1.81. The van der Waals surface area contributed by atoms with E-state index in [2.05, 4.69) is 4.98 Å². The number of benzene rings is 2. The van der Waals surface area contributed by atoms with Crippen molar-refractivity contribution in [1.29, 1.82) is 0 Å². The fraction of sp³-hybridized carbons (Fsp3) is 0.222. The summed E-state index contributed by atoms with van der Waals surface area (Å²) in [4.78, 5) is 17.2. The lowest BCUT2D eigenvalue weighted by atomic mass is 10.1. The molecule has 0 aliphatic heterocycles. The molecule has 1 aromatic heterocycles. The second-order valence-corrected chi connectivity index (χ2v) is 5.17. The first-order valence-corrected chi connectivity index (χ1v) is 7.41. The van der Waals surface area contributed by atoms with Gasteiger partial charge in [0.25, 0.3) is 5.56 Å². The van der Waals surface area contributed by atoms with Crippen LogP contribution >= 0.6 is 0 Å². The Morgan fingerprint density at radius 1 is 0.917 bits per heavy atom. The van der Waals surface area contributed by atoms with Crippen molar-refractivity contribution in [3.05, 3.63) is 58.6 Å². The predicted octanol–water partition coefficient (Wildman–Crippen LogP) is 2.47. The minimum absolute atomic E-state index is 0.176. The van der Waals surface area contributed by atoms with Gasteiger partial charge in [-0.1, -0.05) is 12.1 Å². The normalized spacial score (nSPS) is 10.6. The molecular weight excluding hydrogens is 308 g/mol. The minimum atomic E-state index is -0.176. The smallest absolute Gasteiger partial charge is 0.265 e. The van der Waals surface area contributed by atoms with Crippen molar-refractivity contribution in [1.82, 2.24) is 9.55 Å². The van der Waals surface area contributed by atoms with Gasteiger partial charge in [0, 0.05) is 0 Å². The second kappa shape index (κ2) is 6.62. The number of rotatable bonds is 5. The van der Waals surface area contributed by atoms with E-state index in [1.165, 1.54) is 18.0 Å². The van der Waals surface area contributed by atoms with Gasteiger partial charge in [0.2, 0.25) is 0 Å². The van der Waals surface area contributed by atoms with Crippen molar-refractivity contribution in [3.8, 4) is 17.2 Å². The molecule has 0 N–H and O–H groups in total. The number of hydrogen-bond acceptors (Lipinski definition) is 5. The van der Waals surface area contributed by atoms with Gasteiger partial charge in [-0.2, -0.15) is 0 Å². The molecule has 2 aromatic carbocycles. The van der Waals surface area contributed by atoms with Crippen LogP contribution in [0.5, 0.6) is 17.2 Å². The maximum atomic E-state index is 12.9. The van der Waals surface area contributed by atoms with Crippen LogP contribution < -0.4 is 19.8 Å². The highest BCUT2D eigenvalue weighted by Crippen LogP contribution is 2.29. The van der Waals surface area contributed by atoms with E-state index >= 15 is 0 Å². The number of aromatic nitrogens is 2. The Balaban J connectivity index is 2.16. The summed E-state index contributed by atoms with van der Waals surface area (Å²) < 4.78 is 17.6. The Morgan fingerprint density at radius 3 is 2.12 bits per heavy atom. The van der Waals surface area contributed by atoms with Crippen LogP contribution in [0, 0.1) is 0 Å². The van der Waals surface area contributed by atoms with Crippen molar-refractivity contribution in [2.75, 3.05) is 21.3 Å². The van der Waals surface area contributed by atoms with Gasteiger partial charge in [0.15, 0.2) is 0 Å². The van der Waals surface area contributed by atoms with Crippen molar-refractivity contribution in [3.63, 3.8) is 0 Å². The van der Waals surface area contributed by atoms with Crippen LogP contribution in [-0.4, -0.2) is 30.9 Å². The first kappa shape index (κ1) is 15.9.